The van der Waals surface area contributed by atoms with Gasteiger partial charge in [-0.05, 0) is 52.0 Å². The Kier molecular flexibility index (Phi) is 7.70. The van der Waals surface area contributed by atoms with Crippen LogP contribution in [0.2, 0.25) is 0 Å². The Morgan fingerprint density at radius 1 is 1.15 bits per heavy atom. The van der Waals surface area contributed by atoms with Gasteiger partial charge in [0.15, 0.2) is 11.6 Å². The summed E-state index contributed by atoms with van der Waals surface area (Å²) < 4.78 is 27.3. The maximum Gasteiger partial charge on any atom is 0.163 e. The predicted molar refractivity (Wildman–Crippen MR) is 79.8 cm³/mol. The Hall–Kier alpha value is -1.00. The molecule has 0 bridgehead atoms. The van der Waals surface area contributed by atoms with Crippen LogP contribution in [-0.4, -0.2) is 31.6 Å². The van der Waals surface area contributed by atoms with Crippen LogP contribution in [0.15, 0.2) is 18.2 Å². The van der Waals surface area contributed by atoms with Crippen LogP contribution in [0.3, 0.4) is 0 Å². The summed E-state index contributed by atoms with van der Waals surface area (Å²) in [5, 5.41) is 3.32. The van der Waals surface area contributed by atoms with Gasteiger partial charge in [0, 0.05) is 11.6 Å². The quantitative estimate of drug-likeness (QED) is 0.743. The van der Waals surface area contributed by atoms with Crippen molar-refractivity contribution in [3.05, 3.63) is 35.4 Å². The molecule has 0 aliphatic heterocycles. The molecule has 0 heterocycles. The van der Waals surface area contributed by atoms with Crippen LogP contribution in [0.5, 0.6) is 0 Å². The lowest BCUT2D eigenvalue weighted by Gasteiger charge is -2.23. The zero-order chi connectivity index (χ0) is 15.0. The van der Waals surface area contributed by atoms with E-state index < -0.39 is 11.6 Å². The Balaban J connectivity index is 2.75. The second-order valence-corrected chi connectivity index (χ2v) is 5.24. The number of nitrogens with zero attached hydrogens (tertiary/aromatic N) is 1. The molecule has 0 saturated heterocycles. The molecular weight excluding hydrogens is 258 g/mol. The van der Waals surface area contributed by atoms with Gasteiger partial charge in [-0.2, -0.15) is 0 Å². The molecule has 0 saturated carbocycles. The molecule has 0 fully saturated rings. The Labute approximate surface area is 121 Å². The van der Waals surface area contributed by atoms with E-state index in [-0.39, 0.29) is 6.04 Å². The SMILES string of the molecule is CCCNC(CCN(C)CCC)c1cccc(F)c1F. The average molecular weight is 284 g/mol. The molecule has 4 heteroatoms. The molecule has 0 aliphatic rings. The van der Waals surface area contributed by atoms with Crippen LogP contribution in [0.25, 0.3) is 0 Å². The lowest BCUT2D eigenvalue weighted by molar-refractivity contribution is 0.305. The zero-order valence-corrected chi connectivity index (χ0v) is 12.8. The van der Waals surface area contributed by atoms with Gasteiger partial charge in [0.05, 0.1) is 0 Å². The van der Waals surface area contributed by atoms with Gasteiger partial charge in [-0.25, -0.2) is 8.78 Å². The van der Waals surface area contributed by atoms with Crippen LogP contribution < -0.4 is 5.32 Å². The highest BCUT2D eigenvalue weighted by atomic mass is 19.2. The minimum Gasteiger partial charge on any atom is -0.310 e. The third kappa shape index (κ3) is 5.17. The van der Waals surface area contributed by atoms with E-state index in [1.54, 1.807) is 12.1 Å². The molecule has 20 heavy (non-hydrogen) atoms. The van der Waals surface area contributed by atoms with E-state index in [1.807, 2.05) is 0 Å². The first-order valence-corrected chi connectivity index (χ1v) is 7.46. The Bertz CT molecular complexity index is 396. The van der Waals surface area contributed by atoms with Crippen molar-refractivity contribution >= 4 is 0 Å². The molecule has 0 aromatic heterocycles. The smallest absolute Gasteiger partial charge is 0.163 e. The molecule has 1 N–H and O–H groups in total. The van der Waals surface area contributed by atoms with Gasteiger partial charge < -0.3 is 10.2 Å². The summed E-state index contributed by atoms with van der Waals surface area (Å²) in [6.07, 6.45) is 2.84. The van der Waals surface area contributed by atoms with Crippen molar-refractivity contribution < 1.29 is 8.78 Å². The maximum atomic E-state index is 13.9. The van der Waals surface area contributed by atoms with Gasteiger partial charge in [0.2, 0.25) is 0 Å². The molecule has 1 rings (SSSR count). The van der Waals surface area contributed by atoms with Crippen LogP contribution in [0.1, 0.15) is 44.7 Å². The lowest BCUT2D eigenvalue weighted by atomic mass is 10.0. The minimum absolute atomic E-state index is 0.134. The molecule has 1 unspecified atom stereocenters. The molecule has 0 aliphatic carbocycles. The van der Waals surface area contributed by atoms with Gasteiger partial charge in [-0.3, -0.25) is 0 Å². The summed E-state index contributed by atoms with van der Waals surface area (Å²) in [5.41, 5.74) is 0.434. The Morgan fingerprint density at radius 3 is 2.55 bits per heavy atom. The third-order valence-electron chi connectivity index (χ3n) is 3.40. The number of hydrogen-bond acceptors (Lipinski definition) is 2. The summed E-state index contributed by atoms with van der Waals surface area (Å²) in [4.78, 5) is 2.22. The number of halogens is 2. The monoisotopic (exact) mass is 284 g/mol. The van der Waals surface area contributed by atoms with Crippen molar-refractivity contribution in [1.82, 2.24) is 10.2 Å². The summed E-state index contributed by atoms with van der Waals surface area (Å²) in [6.45, 7) is 6.89. The number of nitrogens with one attached hydrogen (secondary N) is 1. The molecule has 114 valence electrons. The highest BCUT2D eigenvalue weighted by Gasteiger charge is 2.17. The topological polar surface area (TPSA) is 15.3 Å². The molecule has 2 nitrogen and oxygen atoms in total. The fourth-order valence-electron chi connectivity index (χ4n) is 2.32. The van der Waals surface area contributed by atoms with Crippen LogP contribution in [0, 0.1) is 11.6 Å². The van der Waals surface area contributed by atoms with Crippen molar-refractivity contribution in [3.63, 3.8) is 0 Å². The van der Waals surface area contributed by atoms with Crippen molar-refractivity contribution in [2.24, 2.45) is 0 Å². The van der Waals surface area contributed by atoms with Crippen LogP contribution in [0.4, 0.5) is 8.78 Å². The first-order chi connectivity index (χ1) is 9.60. The van der Waals surface area contributed by atoms with Crippen molar-refractivity contribution in [2.75, 3.05) is 26.7 Å². The molecule has 1 atom stereocenters. The first-order valence-electron chi connectivity index (χ1n) is 7.46. The van der Waals surface area contributed by atoms with E-state index >= 15 is 0 Å². The summed E-state index contributed by atoms with van der Waals surface area (Å²) in [5.74, 6) is -1.49. The van der Waals surface area contributed by atoms with E-state index in [0.717, 1.165) is 38.9 Å². The highest BCUT2D eigenvalue weighted by Crippen LogP contribution is 2.22. The van der Waals surface area contributed by atoms with Gasteiger partial charge in [0.25, 0.3) is 0 Å². The average Bonchev–Trinajstić information content (AvgIpc) is 2.43. The molecule has 0 amide bonds. The predicted octanol–water partition coefficient (Wildman–Crippen LogP) is 3.74. The van der Waals surface area contributed by atoms with E-state index in [2.05, 4.69) is 31.1 Å². The zero-order valence-electron chi connectivity index (χ0n) is 12.8. The second kappa shape index (κ2) is 9.03. The Morgan fingerprint density at radius 2 is 1.90 bits per heavy atom. The van der Waals surface area contributed by atoms with Gasteiger partial charge in [0.1, 0.15) is 0 Å². The van der Waals surface area contributed by atoms with E-state index in [9.17, 15) is 8.78 Å². The van der Waals surface area contributed by atoms with E-state index in [1.165, 1.54) is 6.07 Å². The highest BCUT2D eigenvalue weighted by molar-refractivity contribution is 5.22. The standard InChI is InChI=1S/C16H26F2N2/c1-4-10-19-15(9-12-20(3)11-5-2)13-7-6-8-14(17)16(13)18/h6-8,15,19H,4-5,9-12H2,1-3H3. The summed E-state index contributed by atoms with van der Waals surface area (Å²) in [7, 11) is 2.06. The normalized spacial score (nSPS) is 12.9. The van der Waals surface area contributed by atoms with Gasteiger partial charge >= 0.3 is 0 Å². The van der Waals surface area contributed by atoms with Crippen molar-refractivity contribution in [3.8, 4) is 0 Å². The van der Waals surface area contributed by atoms with Gasteiger partial charge in [-0.15, -0.1) is 0 Å². The molecular formula is C16H26F2N2. The van der Waals surface area contributed by atoms with E-state index in [4.69, 9.17) is 0 Å². The fraction of sp³-hybridized carbons (Fsp3) is 0.625. The molecule has 1 aromatic rings. The first kappa shape index (κ1) is 17.1. The molecule has 0 radical (unpaired) electrons. The summed E-state index contributed by atoms with van der Waals surface area (Å²) >= 11 is 0. The van der Waals surface area contributed by atoms with E-state index in [0.29, 0.717) is 5.56 Å². The largest absolute Gasteiger partial charge is 0.310 e. The fourth-order valence-corrected chi connectivity index (χ4v) is 2.32. The van der Waals surface area contributed by atoms with Crippen molar-refractivity contribution in [2.45, 2.75) is 39.2 Å². The molecule has 1 aromatic carbocycles. The number of rotatable bonds is 9. The number of hydrogen-bond donors (Lipinski definition) is 1. The molecule has 0 spiro atoms. The number of benzene rings is 1. The van der Waals surface area contributed by atoms with Gasteiger partial charge in [-0.1, -0.05) is 26.0 Å². The van der Waals surface area contributed by atoms with Crippen molar-refractivity contribution in [1.29, 1.82) is 0 Å². The van der Waals surface area contributed by atoms with Crippen LogP contribution in [-0.2, 0) is 0 Å². The van der Waals surface area contributed by atoms with Crippen LogP contribution >= 0.6 is 0 Å². The second-order valence-electron chi connectivity index (χ2n) is 5.24. The summed E-state index contributed by atoms with van der Waals surface area (Å²) in [6, 6.07) is 4.28. The minimum atomic E-state index is -0.771. The third-order valence-corrected chi connectivity index (χ3v) is 3.40. The lowest BCUT2D eigenvalue weighted by Crippen LogP contribution is -2.29. The maximum absolute atomic E-state index is 13.9.